The van der Waals surface area contributed by atoms with Gasteiger partial charge < -0.3 is 24.7 Å². The quantitative estimate of drug-likeness (QED) is 0.514. The van der Waals surface area contributed by atoms with Crippen LogP contribution in [0.2, 0.25) is 0 Å². The molecule has 1 amide bonds. The van der Waals surface area contributed by atoms with Crippen molar-refractivity contribution in [3.8, 4) is 0 Å². The Balaban J connectivity index is 1.49. The van der Waals surface area contributed by atoms with Crippen LogP contribution >= 0.6 is 0 Å². The van der Waals surface area contributed by atoms with E-state index in [1.165, 1.54) is 32.1 Å². The zero-order valence-corrected chi connectivity index (χ0v) is 17.7. The van der Waals surface area contributed by atoms with Gasteiger partial charge in [-0.05, 0) is 37.8 Å². The molecule has 1 saturated carbocycles. The van der Waals surface area contributed by atoms with Crippen molar-refractivity contribution in [1.29, 1.82) is 0 Å². The van der Waals surface area contributed by atoms with Crippen LogP contribution in [-0.4, -0.2) is 62.2 Å². The van der Waals surface area contributed by atoms with Gasteiger partial charge in [-0.25, -0.2) is 0 Å². The first-order chi connectivity index (χ1) is 14.2. The molecule has 0 bridgehead atoms. The summed E-state index contributed by atoms with van der Waals surface area (Å²) in [6.07, 6.45) is 11.2. The summed E-state index contributed by atoms with van der Waals surface area (Å²) in [6.45, 7) is 2.78. The second kappa shape index (κ2) is 11.9. The predicted octanol–water partition coefficient (Wildman–Crippen LogP) is 2.72. The Bertz CT molecular complexity index is 618. The molecule has 1 aliphatic carbocycles. The van der Waals surface area contributed by atoms with Crippen molar-refractivity contribution in [2.24, 2.45) is 4.99 Å². The molecule has 2 aliphatic rings. The van der Waals surface area contributed by atoms with Crippen LogP contribution in [0.3, 0.4) is 0 Å². The molecule has 162 valence electrons. The summed E-state index contributed by atoms with van der Waals surface area (Å²) in [6, 6.07) is 4.77. The van der Waals surface area contributed by atoms with Gasteiger partial charge >= 0.3 is 0 Å². The molecule has 0 spiro atoms. The number of nitrogens with one attached hydrogen (secondary N) is 2. The number of hydrogen-bond donors (Lipinski definition) is 2. The third-order valence-electron chi connectivity index (χ3n) is 5.86. The third-order valence-corrected chi connectivity index (χ3v) is 5.86. The summed E-state index contributed by atoms with van der Waals surface area (Å²) >= 11 is 0. The zero-order chi connectivity index (χ0) is 20.3. The average Bonchev–Trinajstić information content (AvgIpc) is 3.27. The lowest BCUT2D eigenvalue weighted by atomic mass is 9.95. The van der Waals surface area contributed by atoms with Crippen molar-refractivity contribution >= 4 is 11.9 Å². The molecule has 0 atom stereocenters. The summed E-state index contributed by atoms with van der Waals surface area (Å²) in [7, 11) is 1.63. The minimum absolute atomic E-state index is 0.193. The van der Waals surface area contributed by atoms with Gasteiger partial charge in [-0.3, -0.25) is 9.79 Å². The predicted molar refractivity (Wildman–Crippen MR) is 114 cm³/mol. The van der Waals surface area contributed by atoms with Crippen LogP contribution in [0.25, 0.3) is 0 Å². The monoisotopic (exact) mass is 404 g/mol. The van der Waals surface area contributed by atoms with Gasteiger partial charge in [-0.15, -0.1) is 0 Å². The molecular weight excluding hydrogens is 368 g/mol. The fourth-order valence-electron chi connectivity index (χ4n) is 4.12. The van der Waals surface area contributed by atoms with Crippen molar-refractivity contribution in [1.82, 2.24) is 15.5 Å². The Hall–Kier alpha value is -2.02. The molecule has 7 nitrogen and oxygen atoms in total. The number of carbonyl (C=O) groups is 1. The van der Waals surface area contributed by atoms with Crippen molar-refractivity contribution in [3.05, 3.63) is 24.2 Å². The summed E-state index contributed by atoms with van der Waals surface area (Å²) < 4.78 is 10.4. The van der Waals surface area contributed by atoms with Gasteiger partial charge in [-0.1, -0.05) is 19.3 Å². The smallest absolute Gasteiger partial charge is 0.224 e. The molecule has 0 unspecified atom stereocenters. The van der Waals surface area contributed by atoms with Gasteiger partial charge in [0, 0.05) is 45.2 Å². The minimum Gasteiger partial charge on any atom is -0.469 e. The number of amides is 1. The fraction of sp³-hybridized carbons (Fsp3) is 0.727. The number of guanidine groups is 1. The highest BCUT2D eigenvalue weighted by atomic mass is 16.5. The van der Waals surface area contributed by atoms with E-state index in [0.717, 1.165) is 44.1 Å². The van der Waals surface area contributed by atoms with Gasteiger partial charge in [-0.2, -0.15) is 0 Å². The lowest BCUT2D eigenvalue weighted by Crippen LogP contribution is -2.52. The van der Waals surface area contributed by atoms with Gasteiger partial charge in [0.1, 0.15) is 5.76 Å². The molecule has 0 aromatic carbocycles. The van der Waals surface area contributed by atoms with Crippen molar-refractivity contribution in [2.45, 2.75) is 69.9 Å². The second-order valence-electron chi connectivity index (χ2n) is 8.08. The summed E-state index contributed by atoms with van der Waals surface area (Å²) in [5.74, 6) is 2.07. The van der Waals surface area contributed by atoms with Crippen molar-refractivity contribution < 1.29 is 13.9 Å². The number of ether oxygens (including phenoxy) is 1. The topological polar surface area (TPSA) is 79.1 Å². The molecule has 2 heterocycles. The number of piperidine rings is 1. The molecular formula is C22H36N4O3. The van der Waals surface area contributed by atoms with Crippen LogP contribution in [0.5, 0.6) is 0 Å². The van der Waals surface area contributed by atoms with Crippen LogP contribution in [0.15, 0.2) is 27.8 Å². The highest BCUT2D eigenvalue weighted by Crippen LogP contribution is 2.18. The normalized spacial score (nSPS) is 19.3. The number of hydrogen-bond acceptors (Lipinski definition) is 4. The zero-order valence-electron chi connectivity index (χ0n) is 17.7. The van der Waals surface area contributed by atoms with E-state index in [0.29, 0.717) is 31.7 Å². The molecule has 2 N–H and O–H groups in total. The van der Waals surface area contributed by atoms with E-state index in [9.17, 15) is 4.79 Å². The highest BCUT2D eigenvalue weighted by Gasteiger charge is 2.24. The molecule has 1 aromatic heterocycles. The van der Waals surface area contributed by atoms with Gasteiger partial charge in [0.25, 0.3) is 0 Å². The summed E-state index contributed by atoms with van der Waals surface area (Å²) in [5, 5.41) is 7.29. The molecule has 1 aliphatic heterocycles. The van der Waals surface area contributed by atoms with E-state index in [-0.39, 0.29) is 5.91 Å². The second-order valence-corrected chi connectivity index (χ2v) is 8.08. The number of furan rings is 1. The van der Waals surface area contributed by atoms with Crippen LogP contribution in [0, 0.1) is 0 Å². The Labute approximate surface area is 174 Å². The first kappa shape index (κ1) is 21.7. The number of methoxy groups -OCH3 is 1. The maximum absolute atomic E-state index is 12.2. The van der Waals surface area contributed by atoms with E-state index in [1.807, 2.05) is 17.0 Å². The fourth-order valence-corrected chi connectivity index (χ4v) is 4.12. The van der Waals surface area contributed by atoms with Gasteiger partial charge in [0.2, 0.25) is 5.91 Å². The third kappa shape index (κ3) is 7.38. The largest absolute Gasteiger partial charge is 0.469 e. The van der Waals surface area contributed by atoms with Gasteiger partial charge in [0.05, 0.1) is 19.3 Å². The number of nitrogens with zero attached hydrogens (tertiary/aromatic N) is 2. The highest BCUT2D eigenvalue weighted by molar-refractivity contribution is 5.80. The van der Waals surface area contributed by atoms with E-state index < -0.39 is 0 Å². The van der Waals surface area contributed by atoms with Crippen molar-refractivity contribution in [2.75, 3.05) is 33.4 Å². The van der Waals surface area contributed by atoms with Crippen LogP contribution in [0.4, 0.5) is 0 Å². The molecule has 7 heteroatoms. The Morgan fingerprint density at radius 1 is 1.17 bits per heavy atom. The SMILES string of the molecule is COCCC(=O)N1CCC(NC(=NCCc2ccco2)NC2CCCCC2)CC1. The summed E-state index contributed by atoms with van der Waals surface area (Å²) in [5.41, 5.74) is 0. The van der Waals surface area contributed by atoms with E-state index in [2.05, 4.69) is 10.6 Å². The first-order valence-corrected chi connectivity index (χ1v) is 11.1. The number of aliphatic imine (C=N–C) groups is 1. The Kier molecular flexibility index (Phi) is 8.86. The molecule has 3 rings (SSSR count). The standard InChI is InChI=1S/C22H36N4O3/c1-28-17-12-21(27)26-14-10-19(11-15-26)25-22(24-18-6-3-2-4-7-18)23-13-9-20-8-5-16-29-20/h5,8,16,18-19H,2-4,6-7,9-15,17H2,1H3,(H2,23,24,25). The van der Waals surface area contributed by atoms with Crippen LogP contribution in [-0.2, 0) is 16.0 Å². The molecule has 0 radical (unpaired) electrons. The molecule has 29 heavy (non-hydrogen) atoms. The molecule has 2 fully saturated rings. The van der Waals surface area contributed by atoms with E-state index in [4.69, 9.17) is 14.1 Å². The summed E-state index contributed by atoms with van der Waals surface area (Å²) in [4.78, 5) is 19.0. The molecule has 1 aromatic rings. The number of rotatable bonds is 8. The van der Waals surface area contributed by atoms with Crippen LogP contribution in [0.1, 0.15) is 57.1 Å². The molecule has 1 saturated heterocycles. The number of likely N-dealkylation sites (tertiary alicyclic amines) is 1. The first-order valence-electron chi connectivity index (χ1n) is 11.1. The lowest BCUT2D eigenvalue weighted by Gasteiger charge is -2.34. The lowest BCUT2D eigenvalue weighted by molar-refractivity contribution is -0.133. The van der Waals surface area contributed by atoms with E-state index >= 15 is 0 Å². The maximum Gasteiger partial charge on any atom is 0.224 e. The minimum atomic E-state index is 0.193. The average molecular weight is 405 g/mol. The Morgan fingerprint density at radius 3 is 2.55 bits per heavy atom. The van der Waals surface area contributed by atoms with E-state index in [1.54, 1.807) is 13.4 Å². The maximum atomic E-state index is 12.2. The van der Waals surface area contributed by atoms with Crippen LogP contribution < -0.4 is 10.6 Å². The Morgan fingerprint density at radius 2 is 1.90 bits per heavy atom. The number of carbonyl (C=O) groups excluding carboxylic acids is 1. The van der Waals surface area contributed by atoms with Crippen molar-refractivity contribution in [3.63, 3.8) is 0 Å². The van der Waals surface area contributed by atoms with Gasteiger partial charge in [0.15, 0.2) is 5.96 Å².